The summed E-state index contributed by atoms with van der Waals surface area (Å²) < 4.78 is 1.44. The molecule has 4 N–H and O–H groups in total. The van der Waals surface area contributed by atoms with Crippen LogP contribution in [0.2, 0.25) is 0 Å². The van der Waals surface area contributed by atoms with E-state index in [0.29, 0.717) is 25.2 Å². The summed E-state index contributed by atoms with van der Waals surface area (Å²) in [5, 5.41) is 3.23. The summed E-state index contributed by atoms with van der Waals surface area (Å²) >= 11 is 0. The van der Waals surface area contributed by atoms with Crippen molar-refractivity contribution < 1.29 is 4.79 Å². The molecule has 0 saturated heterocycles. The van der Waals surface area contributed by atoms with E-state index in [1.54, 1.807) is 6.07 Å². The van der Waals surface area contributed by atoms with Crippen LogP contribution in [-0.4, -0.2) is 32.5 Å². The molecule has 2 aromatic rings. The van der Waals surface area contributed by atoms with Gasteiger partial charge in [0.15, 0.2) is 5.65 Å². The van der Waals surface area contributed by atoms with Crippen molar-refractivity contribution in [1.29, 1.82) is 0 Å². The second kappa shape index (κ2) is 7.87. The summed E-state index contributed by atoms with van der Waals surface area (Å²) in [6, 6.07) is 1.66. The number of fused-ring (bicyclic) bond motifs is 1. The quantitative estimate of drug-likeness (QED) is 0.695. The molecule has 28 heavy (non-hydrogen) atoms. The topological polar surface area (TPSA) is 123 Å². The number of rotatable bonds is 6. The largest absolute Gasteiger partial charge is 0.345 e. The molecule has 1 fully saturated rings. The number of hydrogen-bond acceptors (Lipinski definition) is 5. The summed E-state index contributed by atoms with van der Waals surface area (Å²) in [5.41, 5.74) is 5.61. The minimum atomic E-state index is -0.589. The fourth-order valence-electron chi connectivity index (χ4n) is 3.94. The van der Waals surface area contributed by atoms with Crippen molar-refractivity contribution in [2.24, 2.45) is 5.73 Å². The highest BCUT2D eigenvalue weighted by molar-refractivity contribution is 6.05. The van der Waals surface area contributed by atoms with Gasteiger partial charge >= 0.3 is 5.69 Å². The van der Waals surface area contributed by atoms with E-state index in [0.717, 1.165) is 25.7 Å². The summed E-state index contributed by atoms with van der Waals surface area (Å²) in [7, 11) is 0. The van der Waals surface area contributed by atoms with Crippen LogP contribution < -0.4 is 22.3 Å². The standard InChI is InChI=1S/C20H29N5O3/c1-4-9-25-16-15(18(27)23-19(25)28)13(10-14(22-16)12(2)3)17(26)24-20(11-21)7-5-6-8-20/h10,12H,4-9,11,21H2,1-3H3,(H,24,26)(H,23,27,28). The van der Waals surface area contributed by atoms with Gasteiger partial charge in [-0.3, -0.25) is 19.1 Å². The van der Waals surface area contributed by atoms with Gasteiger partial charge in [0.25, 0.3) is 11.5 Å². The van der Waals surface area contributed by atoms with Gasteiger partial charge in [-0.15, -0.1) is 0 Å². The number of nitrogens with one attached hydrogen (secondary N) is 2. The van der Waals surface area contributed by atoms with Crippen LogP contribution in [0.5, 0.6) is 0 Å². The fraction of sp³-hybridized carbons (Fsp3) is 0.600. The van der Waals surface area contributed by atoms with Gasteiger partial charge in [0.2, 0.25) is 0 Å². The van der Waals surface area contributed by atoms with Crippen molar-refractivity contribution >= 4 is 16.9 Å². The maximum absolute atomic E-state index is 13.2. The molecule has 1 saturated carbocycles. The Bertz CT molecular complexity index is 999. The third-order valence-corrected chi connectivity index (χ3v) is 5.58. The number of nitrogens with zero attached hydrogens (tertiary/aromatic N) is 2. The molecule has 0 aliphatic heterocycles. The minimum absolute atomic E-state index is 0.0374. The van der Waals surface area contributed by atoms with E-state index in [9.17, 15) is 14.4 Å². The highest BCUT2D eigenvalue weighted by Gasteiger charge is 2.35. The molecule has 3 rings (SSSR count). The Morgan fingerprint density at radius 3 is 2.61 bits per heavy atom. The highest BCUT2D eigenvalue weighted by atomic mass is 16.2. The second-order valence-corrected chi connectivity index (χ2v) is 8.00. The Morgan fingerprint density at radius 2 is 2.04 bits per heavy atom. The third kappa shape index (κ3) is 3.61. The van der Waals surface area contributed by atoms with Crippen molar-refractivity contribution in [3.63, 3.8) is 0 Å². The number of hydrogen-bond donors (Lipinski definition) is 3. The van der Waals surface area contributed by atoms with E-state index < -0.39 is 16.8 Å². The Balaban J connectivity index is 2.23. The number of pyridine rings is 1. The summed E-state index contributed by atoms with van der Waals surface area (Å²) in [6.07, 6.45) is 4.38. The number of carbonyl (C=O) groups is 1. The summed E-state index contributed by atoms with van der Waals surface area (Å²) in [6.45, 7) is 6.63. The molecule has 1 aliphatic rings. The Morgan fingerprint density at radius 1 is 1.36 bits per heavy atom. The van der Waals surface area contributed by atoms with Crippen molar-refractivity contribution in [1.82, 2.24) is 19.9 Å². The van der Waals surface area contributed by atoms with Gasteiger partial charge in [0.05, 0.1) is 16.5 Å². The zero-order chi connectivity index (χ0) is 20.5. The third-order valence-electron chi connectivity index (χ3n) is 5.58. The SMILES string of the molecule is CCCn1c(=O)[nH]c(=O)c2c(C(=O)NC3(CN)CCCC3)cc(C(C)C)nc21. The lowest BCUT2D eigenvalue weighted by molar-refractivity contribution is 0.0904. The molecule has 8 heteroatoms. The van der Waals surface area contributed by atoms with Gasteiger partial charge in [0.1, 0.15) is 0 Å². The smallest absolute Gasteiger partial charge is 0.329 e. The summed E-state index contributed by atoms with van der Waals surface area (Å²) in [4.78, 5) is 45.1. The molecule has 8 nitrogen and oxygen atoms in total. The van der Waals surface area contributed by atoms with Crippen LogP contribution in [-0.2, 0) is 6.54 Å². The first-order chi connectivity index (χ1) is 13.3. The first kappa shape index (κ1) is 20.3. The van der Waals surface area contributed by atoms with Crippen molar-refractivity contribution in [2.45, 2.75) is 70.9 Å². The fourth-order valence-corrected chi connectivity index (χ4v) is 3.94. The second-order valence-electron chi connectivity index (χ2n) is 8.00. The number of aryl methyl sites for hydroxylation is 1. The van der Waals surface area contributed by atoms with Crippen LogP contribution in [0.15, 0.2) is 15.7 Å². The Hall–Kier alpha value is -2.48. The lowest BCUT2D eigenvalue weighted by Gasteiger charge is -2.29. The molecule has 2 heterocycles. The van der Waals surface area contributed by atoms with E-state index in [1.165, 1.54) is 4.57 Å². The zero-order valence-electron chi connectivity index (χ0n) is 16.8. The van der Waals surface area contributed by atoms with Crippen LogP contribution in [0.1, 0.15) is 74.8 Å². The van der Waals surface area contributed by atoms with Crippen LogP contribution >= 0.6 is 0 Å². The molecule has 0 bridgehead atoms. The first-order valence-corrected chi connectivity index (χ1v) is 10.0. The molecule has 0 unspecified atom stereocenters. The Kier molecular flexibility index (Phi) is 5.69. The van der Waals surface area contributed by atoms with Gasteiger partial charge < -0.3 is 11.1 Å². The number of carbonyl (C=O) groups excluding carboxylic acids is 1. The first-order valence-electron chi connectivity index (χ1n) is 10.0. The maximum atomic E-state index is 13.2. The van der Waals surface area contributed by atoms with Crippen molar-refractivity contribution in [3.05, 3.63) is 38.2 Å². The van der Waals surface area contributed by atoms with E-state index in [2.05, 4.69) is 15.3 Å². The molecule has 0 spiro atoms. The average molecular weight is 387 g/mol. The molecule has 0 radical (unpaired) electrons. The van der Waals surface area contributed by atoms with E-state index in [4.69, 9.17) is 5.73 Å². The van der Waals surface area contributed by atoms with Gasteiger partial charge in [-0.2, -0.15) is 0 Å². The van der Waals surface area contributed by atoms with Crippen LogP contribution in [0.3, 0.4) is 0 Å². The number of nitrogens with two attached hydrogens (primary N) is 1. The van der Waals surface area contributed by atoms with Gasteiger partial charge in [-0.25, -0.2) is 9.78 Å². The molecule has 2 aromatic heterocycles. The summed E-state index contributed by atoms with van der Waals surface area (Å²) in [5.74, 6) is -0.302. The lowest BCUT2D eigenvalue weighted by atomic mass is 9.96. The maximum Gasteiger partial charge on any atom is 0.329 e. The lowest BCUT2D eigenvalue weighted by Crippen LogP contribution is -2.51. The predicted octanol–water partition coefficient (Wildman–Crippen LogP) is 1.62. The molecular formula is C20H29N5O3. The Labute approximate surface area is 163 Å². The predicted molar refractivity (Wildman–Crippen MR) is 109 cm³/mol. The molecule has 1 amide bonds. The normalized spacial score (nSPS) is 16.0. The average Bonchev–Trinajstić information content (AvgIpc) is 3.12. The van der Waals surface area contributed by atoms with E-state index in [-0.39, 0.29) is 28.4 Å². The van der Waals surface area contributed by atoms with Crippen molar-refractivity contribution in [3.8, 4) is 0 Å². The number of aromatic amines is 1. The number of H-pyrrole nitrogens is 1. The number of aromatic nitrogens is 3. The molecule has 1 aliphatic carbocycles. The van der Waals surface area contributed by atoms with Crippen molar-refractivity contribution in [2.75, 3.05) is 6.54 Å². The zero-order valence-corrected chi connectivity index (χ0v) is 16.8. The highest BCUT2D eigenvalue weighted by Crippen LogP contribution is 2.29. The molecule has 0 aromatic carbocycles. The molecule has 0 atom stereocenters. The number of amides is 1. The van der Waals surface area contributed by atoms with E-state index >= 15 is 0 Å². The molecule has 152 valence electrons. The van der Waals surface area contributed by atoms with Gasteiger partial charge in [0, 0.05) is 18.8 Å². The van der Waals surface area contributed by atoms with E-state index in [1.807, 2.05) is 20.8 Å². The van der Waals surface area contributed by atoms with Crippen LogP contribution in [0.4, 0.5) is 0 Å². The minimum Gasteiger partial charge on any atom is -0.345 e. The van der Waals surface area contributed by atoms with Gasteiger partial charge in [-0.1, -0.05) is 33.6 Å². The monoisotopic (exact) mass is 387 g/mol. The molecular weight excluding hydrogens is 358 g/mol. The van der Waals surface area contributed by atoms with Gasteiger partial charge in [-0.05, 0) is 31.2 Å². The van der Waals surface area contributed by atoms with Crippen LogP contribution in [0.25, 0.3) is 11.0 Å². The van der Waals surface area contributed by atoms with Crippen LogP contribution in [0, 0.1) is 0 Å².